The summed E-state index contributed by atoms with van der Waals surface area (Å²) in [6.07, 6.45) is 5.71. The lowest BCUT2D eigenvalue weighted by molar-refractivity contribution is -0.385. The van der Waals surface area contributed by atoms with Gasteiger partial charge in [0.25, 0.3) is 0 Å². The van der Waals surface area contributed by atoms with E-state index in [4.69, 9.17) is 0 Å². The van der Waals surface area contributed by atoms with Gasteiger partial charge in [-0.3, -0.25) is 14.8 Å². The first-order valence-electron chi connectivity index (χ1n) is 5.03. The van der Waals surface area contributed by atoms with E-state index in [1.807, 2.05) is 0 Å². The molecule has 1 saturated carbocycles. The van der Waals surface area contributed by atoms with Crippen molar-refractivity contribution in [2.75, 3.05) is 0 Å². The van der Waals surface area contributed by atoms with Crippen molar-refractivity contribution in [2.24, 2.45) is 0 Å². The van der Waals surface area contributed by atoms with E-state index in [1.54, 1.807) is 4.68 Å². The van der Waals surface area contributed by atoms with Crippen molar-refractivity contribution in [3.8, 4) is 0 Å². The summed E-state index contributed by atoms with van der Waals surface area (Å²) in [4.78, 5) is 10.0. The quantitative estimate of drug-likeness (QED) is 0.590. The first-order chi connectivity index (χ1) is 7.16. The van der Waals surface area contributed by atoms with Gasteiger partial charge < -0.3 is 5.11 Å². The minimum Gasteiger partial charge on any atom is -0.393 e. The maximum atomic E-state index is 10.5. The molecule has 1 aliphatic rings. The van der Waals surface area contributed by atoms with Crippen LogP contribution in [0.3, 0.4) is 0 Å². The van der Waals surface area contributed by atoms with Crippen LogP contribution >= 0.6 is 0 Å². The molecule has 0 bridgehead atoms. The third-order valence-corrected chi connectivity index (χ3v) is 2.79. The highest BCUT2D eigenvalue weighted by Gasteiger charge is 2.23. The Morgan fingerprint density at radius 3 is 3.00 bits per heavy atom. The fourth-order valence-electron chi connectivity index (χ4n) is 2.00. The molecular formula is C9H13N3O3. The number of aromatic nitrogens is 2. The Balaban J connectivity index is 2.11. The predicted molar refractivity (Wildman–Crippen MR) is 52.4 cm³/mol. The first-order valence-corrected chi connectivity index (χ1v) is 5.03. The molecule has 1 aromatic heterocycles. The average molecular weight is 211 g/mol. The van der Waals surface area contributed by atoms with E-state index in [1.165, 1.54) is 12.4 Å². The molecule has 1 fully saturated rings. The summed E-state index contributed by atoms with van der Waals surface area (Å²) < 4.78 is 1.60. The van der Waals surface area contributed by atoms with E-state index in [2.05, 4.69) is 5.10 Å². The van der Waals surface area contributed by atoms with Gasteiger partial charge in [0.15, 0.2) is 0 Å². The Morgan fingerprint density at radius 2 is 2.40 bits per heavy atom. The molecule has 6 heteroatoms. The summed E-state index contributed by atoms with van der Waals surface area (Å²) in [5.74, 6) is 0. The monoisotopic (exact) mass is 211 g/mol. The Labute approximate surface area is 86.7 Å². The second-order valence-corrected chi connectivity index (χ2v) is 3.91. The average Bonchev–Trinajstić information content (AvgIpc) is 2.66. The highest BCUT2D eigenvalue weighted by molar-refractivity contribution is 5.21. The van der Waals surface area contributed by atoms with Crippen LogP contribution in [0.1, 0.15) is 31.7 Å². The molecule has 0 aromatic carbocycles. The van der Waals surface area contributed by atoms with Crippen molar-refractivity contribution in [3.63, 3.8) is 0 Å². The Morgan fingerprint density at radius 1 is 1.60 bits per heavy atom. The zero-order valence-electron chi connectivity index (χ0n) is 8.24. The van der Waals surface area contributed by atoms with Crippen LogP contribution < -0.4 is 0 Å². The summed E-state index contributed by atoms with van der Waals surface area (Å²) in [5.41, 5.74) is 0.00932. The largest absolute Gasteiger partial charge is 0.393 e. The minimum absolute atomic E-state index is 0.00932. The normalized spacial score (nSPS) is 26.5. The van der Waals surface area contributed by atoms with Crippen molar-refractivity contribution in [3.05, 3.63) is 22.5 Å². The molecule has 6 nitrogen and oxygen atoms in total. The number of rotatable bonds is 2. The van der Waals surface area contributed by atoms with Crippen LogP contribution in [-0.4, -0.2) is 25.9 Å². The number of nitrogens with zero attached hydrogens (tertiary/aromatic N) is 3. The number of hydrogen-bond acceptors (Lipinski definition) is 4. The lowest BCUT2D eigenvalue weighted by atomic mass is 9.93. The van der Waals surface area contributed by atoms with Gasteiger partial charge in [0, 0.05) is 0 Å². The van der Waals surface area contributed by atoms with E-state index in [9.17, 15) is 15.2 Å². The van der Waals surface area contributed by atoms with Crippen LogP contribution in [0.2, 0.25) is 0 Å². The second kappa shape index (κ2) is 3.98. The van der Waals surface area contributed by atoms with Crippen LogP contribution in [0.15, 0.2) is 12.4 Å². The standard InChI is InChI=1S/C9H13N3O3/c13-9-3-1-2-7(4-9)11-6-8(5-10-11)12(14)15/h5-7,9,13H,1-4H2/t7-,9-/m0/s1. The summed E-state index contributed by atoms with van der Waals surface area (Å²) in [6.45, 7) is 0. The molecule has 1 aromatic rings. The van der Waals surface area contributed by atoms with E-state index in [0.717, 1.165) is 19.3 Å². The van der Waals surface area contributed by atoms with E-state index >= 15 is 0 Å². The summed E-state index contributed by atoms with van der Waals surface area (Å²) in [6, 6.07) is 0.0995. The van der Waals surface area contributed by atoms with Crippen LogP contribution in [0.25, 0.3) is 0 Å². The van der Waals surface area contributed by atoms with Crippen LogP contribution in [-0.2, 0) is 0 Å². The molecule has 0 aliphatic heterocycles. The molecular weight excluding hydrogens is 198 g/mol. The Bertz CT molecular complexity index is 363. The highest BCUT2D eigenvalue weighted by atomic mass is 16.6. The van der Waals surface area contributed by atoms with Gasteiger partial charge in [0.05, 0.1) is 17.1 Å². The smallest absolute Gasteiger partial charge is 0.307 e. The van der Waals surface area contributed by atoms with Gasteiger partial charge >= 0.3 is 5.69 Å². The first kappa shape index (κ1) is 10.1. The van der Waals surface area contributed by atoms with Crippen LogP contribution in [0.5, 0.6) is 0 Å². The molecule has 0 spiro atoms. The van der Waals surface area contributed by atoms with Crippen molar-refractivity contribution < 1.29 is 10.0 Å². The second-order valence-electron chi connectivity index (χ2n) is 3.91. The molecule has 2 atom stereocenters. The summed E-state index contributed by atoms with van der Waals surface area (Å²) in [5, 5.41) is 23.9. The predicted octanol–water partition coefficient (Wildman–Crippen LogP) is 1.27. The van der Waals surface area contributed by atoms with Gasteiger partial charge in [-0.1, -0.05) is 0 Å². The molecule has 1 aliphatic carbocycles. The lowest BCUT2D eigenvalue weighted by Crippen LogP contribution is -2.22. The fourth-order valence-corrected chi connectivity index (χ4v) is 2.00. The third kappa shape index (κ3) is 2.15. The Kier molecular flexibility index (Phi) is 2.68. The third-order valence-electron chi connectivity index (χ3n) is 2.79. The molecule has 0 radical (unpaired) electrons. The Hall–Kier alpha value is -1.43. The molecule has 0 saturated heterocycles. The molecule has 1 heterocycles. The van der Waals surface area contributed by atoms with Gasteiger partial charge in [-0.15, -0.1) is 0 Å². The van der Waals surface area contributed by atoms with Gasteiger partial charge in [-0.25, -0.2) is 0 Å². The molecule has 82 valence electrons. The molecule has 1 N–H and O–H groups in total. The zero-order chi connectivity index (χ0) is 10.8. The minimum atomic E-state index is -0.456. The summed E-state index contributed by atoms with van der Waals surface area (Å²) in [7, 11) is 0. The van der Waals surface area contributed by atoms with Crippen molar-refractivity contribution in [1.29, 1.82) is 0 Å². The van der Waals surface area contributed by atoms with Crippen molar-refractivity contribution in [2.45, 2.75) is 37.8 Å². The summed E-state index contributed by atoms with van der Waals surface area (Å²) >= 11 is 0. The molecule has 0 unspecified atom stereocenters. The number of hydrogen-bond donors (Lipinski definition) is 1. The fraction of sp³-hybridized carbons (Fsp3) is 0.667. The highest BCUT2D eigenvalue weighted by Crippen LogP contribution is 2.28. The van der Waals surface area contributed by atoms with Gasteiger partial charge in [-0.05, 0) is 25.7 Å². The molecule has 0 amide bonds. The number of aliphatic hydroxyl groups is 1. The SMILES string of the molecule is O=[N+]([O-])c1cnn([C@H]2CCC[C@H](O)C2)c1. The van der Waals surface area contributed by atoms with E-state index in [-0.39, 0.29) is 17.8 Å². The number of aliphatic hydroxyl groups excluding tert-OH is 1. The molecule has 15 heavy (non-hydrogen) atoms. The topological polar surface area (TPSA) is 81.2 Å². The van der Waals surface area contributed by atoms with Crippen molar-refractivity contribution in [1.82, 2.24) is 9.78 Å². The van der Waals surface area contributed by atoms with Crippen molar-refractivity contribution >= 4 is 5.69 Å². The zero-order valence-corrected chi connectivity index (χ0v) is 8.24. The lowest BCUT2D eigenvalue weighted by Gasteiger charge is -2.25. The van der Waals surface area contributed by atoms with E-state index < -0.39 is 4.92 Å². The molecule has 2 rings (SSSR count). The van der Waals surface area contributed by atoms with Gasteiger partial charge in [-0.2, -0.15) is 5.10 Å². The van der Waals surface area contributed by atoms with Gasteiger partial charge in [0.1, 0.15) is 12.4 Å². The van der Waals surface area contributed by atoms with Crippen LogP contribution in [0.4, 0.5) is 5.69 Å². The van der Waals surface area contributed by atoms with Crippen LogP contribution in [0, 0.1) is 10.1 Å². The van der Waals surface area contributed by atoms with Gasteiger partial charge in [0.2, 0.25) is 0 Å². The maximum absolute atomic E-state index is 10.5. The number of nitro groups is 1. The maximum Gasteiger partial charge on any atom is 0.307 e. The van der Waals surface area contributed by atoms with E-state index in [0.29, 0.717) is 6.42 Å².